The molecule has 0 unspecified atom stereocenters. The summed E-state index contributed by atoms with van der Waals surface area (Å²) in [4.78, 5) is 4.20. The molecule has 0 amide bonds. The van der Waals surface area contributed by atoms with E-state index in [0.29, 0.717) is 11.8 Å². The lowest BCUT2D eigenvalue weighted by Gasteiger charge is -2.21. The summed E-state index contributed by atoms with van der Waals surface area (Å²) in [7, 11) is 1.63. The lowest BCUT2D eigenvalue weighted by molar-refractivity contribution is 0.505. The van der Waals surface area contributed by atoms with Gasteiger partial charge in [-0.2, -0.15) is 0 Å². The van der Waals surface area contributed by atoms with Gasteiger partial charge in [0.2, 0.25) is 0 Å². The predicted molar refractivity (Wildman–Crippen MR) is 67.8 cm³/mol. The molecule has 0 saturated heterocycles. The third-order valence-electron chi connectivity index (χ3n) is 3.63. The van der Waals surface area contributed by atoms with Crippen molar-refractivity contribution in [3.05, 3.63) is 34.8 Å². The van der Waals surface area contributed by atoms with Gasteiger partial charge in [-0.1, -0.05) is 0 Å². The number of rotatable bonds is 1. The van der Waals surface area contributed by atoms with Gasteiger partial charge in [0.05, 0.1) is 11.1 Å². The van der Waals surface area contributed by atoms with Crippen LogP contribution in [-0.2, 0) is 12.8 Å². The highest BCUT2D eigenvalue weighted by Gasteiger charge is 2.23. The maximum atomic E-state index is 14.0. The van der Waals surface area contributed by atoms with E-state index in [9.17, 15) is 13.2 Å². The molecule has 1 N–H and O–H groups in total. The Hall–Kier alpha value is -1.78. The normalized spacial score (nSPS) is 14.5. The summed E-state index contributed by atoms with van der Waals surface area (Å²) in [5.41, 5.74) is 2.04. The predicted octanol–water partition coefficient (Wildman–Crippen LogP) is 3.57. The van der Waals surface area contributed by atoms with Crippen molar-refractivity contribution in [1.29, 1.82) is 0 Å². The standard InChI is InChI=1S/C14H13F3N2/c1-18-13-7-4-2-3-5-10(7)19-14-9(16)6-8(15)12(17)11(13)14/h6H,2-5H2,1H3,(H,18,19). The van der Waals surface area contributed by atoms with Gasteiger partial charge >= 0.3 is 0 Å². The fourth-order valence-corrected chi connectivity index (χ4v) is 2.77. The van der Waals surface area contributed by atoms with E-state index in [0.717, 1.165) is 36.9 Å². The van der Waals surface area contributed by atoms with Crippen molar-refractivity contribution in [3.63, 3.8) is 0 Å². The number of nitrogens with one attached hydrogen (secondary N) is 1. The van der Waals surface area contributed by atoms with Crippen LogP contribution in [-0.4, -0.2) is 12.0 Å². The Bertz CT molecular complexity index is 668. The summed E-state index contributed by atoms with van der Waals surface area (Å²) >= 11 is 0. The van der Waals surface area contributed by atoms with Gasteiger partial charge in [0.15, 0.2) is 17.5 Å². The highest BCUT2D eigenvalue weighted by Crippen LogP contribution is 2.36. The monoisotopic (exact) mass is 266 g/mol. The summed E-state index contributed by atoms with van der Waals surface area (Å²) in [6.07, 6.45) is 3.47. The molecule has 0 aliphatic heterocycles. The van der Waals surface area contributed by atoms with Crippen LogP contribution >= 0.6 is 0 Å². The van der Waals surface area contributed by atoms with Crippen molar-refractivity contribution in [3.8, 4) is 0 Å². The van der Waals surface area contributed by atoms with E-state index >= 15 is 0 Å². The number of hydrogen-bond donors (Lipinski definition) is 1. The largest absolute Gasteiger partial charge is 0.387 e. The lowest BCUT2D eigenvalue weighted by atomic mass is 9.92. The molecule has 1 aliphatic carbocycles. The molecule has 19 heavy (non-hydrogen) atoms. The molecule has 0 fully saturated rings. The Kier molecular flexibility index (Phi) is 2.84. The summed E-state index contributed by atoms with van der Waals surface area (Å²) in [6, 6.07) is 0.555. The second-order valence-corrected chi connectivity index (χ2v) is 4.75. The van der Waals surface area contributed by atoms with E-state index < -0.39 is 17.5 Å². The van der Waals surface area contributed by atoms with Crippen molar-refractivity contribution < 1.29 is 13.2 Å². The molecular weight excluding hydrogens is 253 g/mol. The molecule has 0 atom stereocenters. The first-order chi connectivity index (χ1) is 9.13. The van der Waals surface area contributed by atoms with Crippen LogP contribution < -0.4 is 5.32 Å². The Morgan fingerprint density at radius 1 is 1.11 bits per heavy atom. The van der Waals surface area contributed by atoms with E-state index in [1.807, 2.05) is 0 Å². The number of aryl methyl sites for hydroxylation is 1. The fraction of sp³-hybridized carbons (Fsp3) is 0.357. The molecule has 2 aromatic rings. The Labute approximate surface area is 108 Å². The van der Waals surface area contributed by atoms with Gasteiger partial charge in [0, 0.05) is 18.8 Å². The first kappa shape index (κ1) is 12.3. The summed E-state index contributed by atoms with van der Waals surface area (Å²) in [5, 5.41) is 2.80. The summed E-state index contributed by atoms with van der Waals surface area (Å²) < 4.78 is 41.2. The van der Waals surface area contributed by atoms with Gasteiger partial charge in [0.25, 0.3) is 0 Å². The van der Waals surface area contributed by atoms with E-state index in [1.54, 1.807) is 7.05 Å². The Morgan fingerprint density at radius 2 is 1.84 bits per heavy atom. The number of pyridine rings is 1. The molecule has 0 spiro atoms. The zero-order valence-electron chi connectivity index (χ0n) is 10.5. The van der Waals surface area contributed by atoms with Gasteiger partial charge in [-0.15, -0.1) is 0 Å². The molecule has 1 aromatic heterocycles. The van der Waals surface area contributed by atoms with Crippen LogP contribution in [0, 0.1) is 17.5 Å². The highest BCUT2D eigenvalue weighted by atomic mass is 19.2. The number of aromatic nitrogens is 1. The molecule has 100 valence electrons. The smallest absolute Gasteiger partial charge is 0.170 e. The molecule has 0 saturated carbocycles. The van der Waals surface area contributed by atoms with Gasteiger partial charge in [-0.25, -0.2) is 18.2 Å². The Balaban J connectivity index is 2.47. The first-order valence-electron chi connectivity index (χ1n) is 6.30. The number of nitrogens with zero attached hydrogens (tertiary/aromatic N) is 1. The topological polar surface area (TPSA) is 24.9 Å². The lowest BCUT2D eigenvalue weighted by Crippen LogP contribution is -2.11. The van der Waals surface area contributed by atoms with E-state index in [-0.39, 0.29) is 10.9 Å². The van der Waals surface area contributed by atoms with Crippen molar-refractivity contribution in [2.75, 3.05) is 12.4 Å². The van der Waals surface area contributed by atoms with Crippen molar-refractivity contribution >= 4 is 16.6 Å². The van der Waals surface area contributed by atoms with Crippen LogP contribution in [0.2, 0.25) is 0 Å². The quantitative estimate of drug-likeness (QED) is 0.798. The number of fused-ring (bicyclic) bond motifs is 2. The van der Waals surface area contributed by atoms with Gasteiger partial charge in [0.1, 0.15) is 5.52 Å². The van der Waals surface area contributed by atoms with Crippen molar-refractivity contribution in [1.82, 2.24) is 4.98 Å². The van der Waals surface area contributed by atoms with Gasteiger partial charge in [-0.05, 0) is 31.2 Å². The minimum Gasteiger partial charge on any atom is -0.387 e. The maximum Gasteiger partial charge on any atom is 0.170 e. The van der Waals surface area contributed by atoms with Crippen LogP contribution in [0.5, 0.6) is 0 Å². The molecule has 1 heterocycles. The second-order valence-electron chi connectivity index (χ2n) is 4.75. The second kappa shape index (κ2) is 4.40. The van der Waals surface area contributed by atoms with Crippen molar-refractivity contribution in [2.45, 2.75) is 25.7 Å². The van der Waals surface area contributed by atoms with Crippen LogP contribution in [0.25, 0.3) is 10.9 Å². The molecule has 0 bridgehead atoms. The van der Waals surface area contributed by atoms with Crippen LogP contribution in [0.3, 0.4) is 0 Å². The zero-order chi connectivity index (χ0) is 13.6. The SMILES string of the molecule is CNc1c2c(nc3c(F)cc(F)c(F)c13)CCCC2. The third-order valence-corrected chi connectivity index (χ3v) is 3.63. The molecule has 3 rings (SSSR count). The average Bonchev–Trinajstić information content (AvgIpc) is 2.42. The fourth-order valence-electron chi connectivity index (χ4n) is 2.77. The zero-order valence-corrected chi connectivity index (χ0v) is 10.5. The molecule has 2 nitrogen and oxygen atoms in total. The molecule has 1 aromatic carbocycles. The van der Waals surface area contributed by atoms with E-state index in [4.69, 9.17) is 0 Å². The van der Waals surface area contributed by atoms with Gasteiger partial charge in [-0.3, -0.25) is 0 Å². The van der Waals surface area contributed by atoms with Crippen LogP contribution in [0.4, 0.5) is 18.9 Å². The molecular formula is C14H13F3N2. The number of halogens is 3. The minimum absolute atomic E-state index is 0.0827. The van der Waals surface area contributed by atoms with E-state index in [2.05, 4.69) is 10.3 Å². The molecule has 0 radical (unpaired) electrons. The average molecular weight is 266 g/mol. The van der Waals surface area contributed by atoms with Crippen LogP contribution in [0.15, 0.2) is 6.07 Å². The summed E-state index contributed by atoms with van der Waals surface area (Å²) in [6.45, 7) is 0. The summed E-state index contributed by atoms with van der Waals surface area (Å²) in [5.74, 6) is -3.04. The Morgan fingerprint density at radius 3 is 2.58 bits per heavy atom. The molecule has 1 aliphatic rings. The highest BCUT2D eigenvalue weighted by molar-refractivity contribution is 5.94. The van der Waals surface area contributed by atoms with Crippen molar-refractivity contribution in [2.24, 2.45) is 0 Å². The first-order valence-corrected chi connectivity index (χ1v) is 6.30. The van der Waals surface area contributed by atoms with Crippen LogP contribution in [0.1, 0.15) is 24.1 Å². The number of anilines is 1. The van der Waals surface area contributed by atoms with E-state index in [1.165, 1.54) is 0 Å². The minimum atomic E-state index is -1.18. The maximum absolute atomic E-state index is 14.0. The third kappa shape index (κ3) is 1.76. The molecule has 5 heteroatoms. The number of benzene rings is 1. The van der Waals surface area contributed by atoms with Gasteiger partial charge < -0.3 is 5.32 Å². The number of hydrogen-bond acceptors (Lipinski definition) is 2.